The van der Waals surface area contributed by atoms with Gasteiger partial charge in [-0.05, 0) is 17.2 Å². The van der Waals surface area contributed by atoms with Gasteiger partial charge in [-0.1, -0.05) is 5.22 Å². The lowest BCUT2D eigenvalue weighted by molar-refractivity contribution is -0.116. The van der Waals surface area contributed by atoms with Crippen LogP contribution < -0.4 is 5.43 Å². The minimum atomic E-state index is -0.389. The molecule has 0 bridgehead atoms. The van der Waals surface area contributed by atoms with Crippen molar-refractivity contribution >= 4 is 23.1 Å². The molecule has 0 unspecified atom stereocenters. The van der Waals surface area contributed by atoms with Crippen molar-refractivity contribution in [3.63, 3.8) is 0 Å². The standard InChI is InChI=1S/C3HN3OS/c7-3-2(1-8)4-6-5-3/h(H,4,5,7). The molecule has 8 heavy (non-hydrogen) atoms. The van der Waals surface area contributed by atoms with Gasteiger partial charge in [0.25, 0.3) is 0 Å². The SMILES string of the molecule is O=C1NN=NC1=C=S. The van der Waals surface area contributed by atoms with Gasteiger partial charge in [-0.2, -0.15) is 0 Å². The molecular weight excluding hydrogens is 126 g/mol. The van der Waals surface area contributed by atoms with Gasteiger partial charge in [-0.3, -0.25) is 4.79 Å². The van der Waals surface area contributed by atoms with Gasteiger partial charge in [0.05, 0.1) is 0 Å². The van der Waals surface area contributed by atoms with E-state index in [1.807, 2.05) is 0 Å². The van der Waals surface area contributed by atoms with Crippen LogP contribution in [0.25, 0.3) is 0 Å². The first kappa shape index (κ1) is 5.08. The van der Waals surface area contributed by atoms with Crippen LogP contribution in [0.2, 0.25) is 0 Å². The van der Waals surface area contributed by atoms with Crippen LogP contribution in [-0.2, 0) is 4.79 Å². The van der Waals surface area contributed by atoms with Crippen molar-refractivity contribution in [3.8, 4) is 0 Å². The Hall–Kier alpha value is -1.06. The molecule has 0 atom stereocenters. The molecular formula is C3HN3OS. The molecule has 0 aliphatic carbocycles. The van der Waals surface area contributed by atoms with Crippen LogP contribution in [0.5, 0.6) is 0 Å². The van der Waals surface area contributed by atoms with Gasteiger partial charge in [0.15, 0.2) is 0 Å². The fourth-order valence-corrected chi connectivity index (χ4v) is 0.419. The quantitative estimate of drug-likeness (QED) is 0.367. The summed E-state index contributed by atoms with van der Waals surface area (Å²) in [5, 5.41) is 8.62. The summed E-state index contributed by atoms with van der Waals surface area (Å²) in [6.07, 6.45) is 0. The highest BCUT2D eigenvalue weighted by Gasteiger charge is 2.12. The second-order valence-corrected chi connectivity index (χ2v) is 1.30. The number of carbonyl (C=O) groups is 1. The number of carbonyl (C=O) groups excluding carboxylic acids is 1. The van der Waals surface area contributed by atoms with Crippen molar-refractivity contribution in [3.05, 3.63) is 5.70 Å². The first-order valence-electron chi connectivity index (χ1n) is 1.81. The van der Waals surface area contributed by atoms with Crippen molar-refractivity contribution in [1.29, 1.82) is 0 Å². The molecule has 0 aromatic rings. The van der Waals surface area contributed by atoms with E-state index in [1.54, 1.807) is 0 Å². The Balaban J connectivity index is 2.99. The van der Waals surface area contributed by atoms with E-state index in [2.05, 4.69) is 33.0 Å². The molecule has 1 amide bonds. The number of hydrogen-bond acceptors (Lipinski definition) is 4. The van der Waals surface area contributed by atoms with Gasteiger partial charge in [0, 0.05) is 0 Å². The molecule has 0 saturated carbocycles. The zero-order valence-corrected chi connectivity index (χ0v) is 4.53. The molecule has 0 spiro atoms. The lowest BCUT2D eigenvalue weighted by atomic mass is 10.5. The maximum Gasteiger partial charge on any atom is 0.302 e. The Kier molecular flexibility index (Phi) is 1.15. The fourth-order valence-electron chi connectivity index (χ4n) is 0.286. The number of rotatable bonds is 0. The van der Waals surface area contributed by atoms with E-state index < -0.39 is 0 Å². The van der Waals surface area contributed by atoms with Crippen LogP contribution >= 0.6 is 12.2 Å². The molecule has 1 rings (SSSR count). The van der Waals surface area contributed by atoms with Crippen molar-refractivity contribution in [1.82, 2.24) is 5.43 Å². The molecule has 0 saturated heterocycles. The predicted molar refractivity (Wildman–Crippen MR) is 29.1 cm³/mol. The fraction of sp³-hybridized carbons (Fsp3) is 0. The molecule has 40 valence electrons. The molecule has 1 aliphatic rings. The van der Waals surface area contributed by atoms with E-state index in [0.29, 0.717) is 0 Å². The third-order valence-electron chi connectivity index (χ3n) is 0.613. The molecule has 5 heteroatoms. The minimum Gasteiger partial charge on any atom is -0.265 e. The summed E-state index contributed by atoms with van der Waals surface area (Å²) < 4.78 is 0. The van der Waals surface area contributed by atoms with Gasteiger partial charge in [-0.25, -0.2) is 5.43 Å². The van der Waals surface area contributed by atoms with E-state index in [0.717, 1.165) is 0 Å². The van der Waals surface area contributed by atoms with E-state index >= 15 is 0 Å². The highest BCUT2D eigenvalue weighted by Crippen LogP contribution is 1.97. The van der Waals surface area contributed by atoms with Gasteiger partial charge in [0.1, 0.15) is 0 Å². The third-order valence-corrected chi connectivity index (χ3v) is 0.807. The zero-order chi connectivity index (χ0) is 5.98. The lowest BCUT2D eigenvalue weighted by Crippen LogP contribution is -2.11. The average Bonchev–Trinajstić information content (AvgIpc) is 2.14. The van der Waals surface area contributed by atoms with Gasteiger partial charge in [-0.15, -0.1) is 5.11 Å². The molecule has 0 aromatic carbocycles. The van der Waals surface area contributed by atoms with Crippen molar-refractivity contribution in [2.24, 2.45) is 10.3 Å². The third kappa shape index (κ3) is 0.641. The molecule has 0 aromatic heterocycles. The predicted octanol–water partition coefficient (Wildman–Crippen LogP) is -0.0341. The molecule has 4 nitrogen and oxygen atoms in total. The maximum absolute atomic E-state index is 10.3. The van der Waals surface area contributed by atoms with Gasteiger partial charge in [0.2, 0.25) is 5.70 Å². The van der Waals surface area contributed by atoms with E-state index in [9.17, 15) is 4.79 Å². The summed E-state index contributed by atoms with van der Waals surface area (Å²) in [6, 6.07) is 0. The van der Waals surface area contributed by atoms with E-state index in [4.69, 9.17) is 0 Å². The molecule has 1 aliphatic heterocycles. The summed E-state index contributed by atoms with van der Waals surface area (Å²) in [7, 11) is 0. The van der Waals surface area contributed by atoms with Gasteiger partial charge >= 0.3 is 5.91 Å². The smallest absolute Gasteiger partial charge is 0.265 e. The summed E-state index contributed by atoms with van der Waals surface area (Å²) in [5.41, 5.74) is 2.14. The Morgan fingerprint density at radius 3 is 2.75 bits per heavy atom. The number of nitrogens with zero attached hydrogens (tertiary/aromatic N) is 2. The molecule has 1 heterocycles. The lowest BCUT2D eigenvalue weighted by Gasteiger charge is -1.76. The molecule has 1 N–H and O–H groups in total. The highest BCUT2D eigenvalue weighted by atomic mass is 32.1. The number of nitrogens with one attached hydrogen (secondary N) is 1. The number of thiocarbonyl (C=S) groups is 1. The summed E-state index contributed by atoms with van der Waals surface area (Å²) in [4.78, 5) is 10.3. The summed E-state index contributed by atoms with van der Waals surface area (Å²) in [6.45, 7) is 0. The Morgan fingerprint density at radius 1 is 1.75 bits per heavy atom. The van der Waals surface area contributed by atoms with Crippen molar-refractivity contribution in [2.45, 2.75) is 0 Å². The zero-order valence-electron chi connectivity index (χ0n) is 3.71. The number of amides is 1. The number of hydrogen-bond donors (Lipinski definition) is 1. The van der Waals surface area contributed by atoms with Crippen LogP contribution in [0.4, 0.5) is 0 Å². The van der Waals surface area contributed by atoms with Crippen LogP contribution in [-0.4, -0.2) is 10.9 Å². The highest BCUT2D eigenvalue weighted by molar-refractivity contribution is 7.78. The monoisotopic (exact) mass is 127 g/mol. The van der Waals surface area contributed by atoms with E-state index in [-0.39, 0.29) is 11.6 Å². The van der Waals surface area contributed by atoms with Crippen LogP contribution in [0.1, 0.15) is 0 Å². The maximum atomic E-state index is 10.3. The van der Waals surface area contributed by atoms with Crippen molar-refractivity contribution in [2.75, 3.05) is 0 Å². The Morgan fingerprint density at radius 2 is 2.50 bits per heavy atom. The van der Waals surface area contributed by atoms with Gasteiger partial charge < -0.3 is 0 Å². The van der Waals surface area contributed by atoms with Crippen LogP contribution in [0.3, 0.4) is 0 Å². The van der Waals surface area contributed by atoms with Crippen LogP contribution in [0.15, 0.2) is 16.0 Å². The second kappa shape index (κ2) is 1.81. The first-order chi connectivity index (χ1) is 3.84. The Bertz CT molecular complexity index is 203. The average molecular weight is 127 g/mol. The van der Waals surface area contributed by atoms with E-state index in [1.165, 1.54) is 0 Å². The second-order valence-electron chi connectivity index (χ2n) is 1.09. The summed E-state index contributed by atoms with van der Waals surface area (Å²) in [5.74, 6) is -0.389. The molecule has 0 radical (unpaired) electrons. The Labute approximate surface area is 50.3 Å². The largest absolute Gasteiger partial charge is 0.302 e. The molecule has 0 fully saturated rings. The van der Waals surface area contributed by atoms with Crippen LogP contribution in [0, 0.1) is 0 Å². The summed E-state index contributed by atoms with van der Waals surface area (Å²) >= 11 is 4.29. The van der Waals surface area contributed by atoms with Crippen molar-refractivity contribution < 1.29 is 4.79 Å². The normalized spacial score (nSPS) is 16.0. The first-order valence-corrected chi connectivity index (χ1v) is 2.21. The topological polar surface area (TPSA) is 53.8 Å². The minimum absolute atomic E-state index is 0.0694.